The molecule has 0 saturated heterocycles. The maximum absolute atomic E-state index is 13.1. The molecule has 18 heavy (non-hydrogen) atoms. The van der Waals surface area contributed by atoms with E-state index in [1.54, 1.807) is 13.0 Å². The predicted molar refractivity (Wildman–Crippen MR) is 67.5 cm³/mol. The number of halogens is 1. The molecule has 0 heterocycles. The van der Waals surface area contributed by atoms with E-state index in [9.17, 15) is 9.18 Å². The Bertz CT molecular complexity index is 487. The summed E-state index contributed by atoms with van der Waals surface area (Å²) in [6.45, 7) is 5.41. The van der Waals surface area contributed by atoms with Crippen LogP contribution in [0.1, 0.15) is 42.6 Å². The highest BCUT2D eigenvalue weighted by molar-refractivity contribution is 5.96. The Balaban J connectivity index is 3.02. The maximum Gasteiger partial charge on any atom is 0.252 e. The third-order valence-corrected chi connectivity index (χ3v) is 3.22. The van der Waals surface area contributed by atoms with Gasteiger partial charge in [0, 0.05) is 5.56 Å². The van der Waals surface area contributed by atoms with Gasteiger partial charge in [-0.15, -0.1) is 0 Å². The zero-order valence-corrected chi connectivity index (χ0v) is 10.9. The Morgan fingerprint density at radius 3 is 2.56 bits per heavy atom. The van der Waals surface area contributed by atoms with E-state index in [1.807, 2.05) is 13.8 Å². The Morgan fingerprint density at radius 2 is 2.06 bits per heavy atom. The van der Waals surface area contributed by atoms with Crippen LogP contribution in [-0.2, 0) is 0 Å². The molecule has 1 aromatic rings. The molecule has 1 amide bonds. The van der Waals surface area contributed by atoms with Crippen molar-refractivity contribution in [2.24, 2.45) is 0 Å². The normalized spacial score (nSPS) is 10.8. The number of rotatable bonds is 4. The summed E-state index contributed by atoms with van der Waals surface area (Å²) in [6, 6.07) is 6.18. The molecule has 0 radical (unpaired) electrons. The molecule has 0 aliphatic rings. The highest BCUT2D eigenvalue weighted by Gasteiger charge is 2.28. The van der Waals surface area contributed by atoms with Crippen LogP contribution in [-0.4, -0.2) is 11.4 Å². The minimum atomic E-state index is -0.879. The van der Waals surface area contributed by atoms with Gasteiger partial charge in [-0.25, -0.2) is 4.39 Å². The predicted octanol–water partition coefficient (Wildman–Crippen LogP) is 2.95. The van der Waals surface area contributed by atoms with E-state index in [0.717, 1.165) is 0 Å². The molecule has 0 aliphatic heterocycles. The molecule has 1 rings (SSSR count). The molecular weight excluding hydrogens is 231 g/mol. The molecule has 0 aromatic heterocycles. The number of nitriles is 1. The lowest BCUT2D eigenvalue weighted by molar-refractivity contribution is 0.0914. The van der Waals surface area contributed by atoms with Crippen molar-refractivity contribution in [3.63, 3.8) is 0 Å². The summed E-state index contributed by atoms with van der Waals surface area (Å²) >= 11 is 0. The first-order valence-corrected chi connectivity index (χ1v) is 5.98. The van der Waals surface area contributed by atoms with E-state index in [-0.39, 0.29) is 5.56 Å². The summed E-state index contributed by atoms with van der Waals surface area (Å²) in [5.41, 5.74) is 0.0833. The van der Waals surface area contributed by atoms with Gasteiger partial charge in [-0.3, -0.25) is 4.79 Å². The van der Waals surface area contributed by atoms with Crippen LogP contribution in [0.3, 0.4) is 0 Å². The third-order valence-electron chi connectivity index (χ3n) is 3.22. The SMILES string of the molecule is CCC(C#N)(CC)NC(=O)c1cc(F)ccc1C. The van der Waals surface area contributed by atoms with Gasteiger partial charge in [0.15, 0.2) is 0 Å². The molecule has 0 aliphatic carbocycles. The summed E-state index contributed by atoms with van der Waals surface area (Å²) in [6.07, 6.45) is 1.03. The van der Waals surface area contributed by atoms with Gasteiger partial charge in [-0.2, -0.15) is 5.26 Å². The van der Waals surface area contributed by atoms with Crippen LogP contribution in [0, 0.1) is 24.1 Å². The first kappa shape index (κ1) is 14.2. The Labute approximate surface area is 107 Å². The van der Waals surface area contributed by atoms with Crippen LogP contribution in [0.4, 0.5) is 4.39 Å². The molecule has 0 bridgehead atoms. The van der Waals surface area contributed by atoms with Crippen LogP contribution in [0.25, 0.3) is 0 Å². The van der Waals surface area contributed by atoms with Crippen molar-refractivity contribution in [3.8, 4) is 6.07 Å². The number of hydrogen-bond acceptors (Lipinski definition) is 2. The van der Waals surface area contributed by atoms with E-state index < -0.39 is 17.3 Å². The number of amides is 1. The van der Waals surface area contributed by atoms with Crippen molar-refractivity contribution in [2.75, 3.05) is 0 Å². The smallest absolute Gasteiger partial charge is 0.252 e. The second-order valence-electron chi connectivity index (χ2n) is 4.31. The van der Waals surface area contributed by atoms with Crippen LogP contribution >= 0.6 is 0 Å². The lowest BCUT2D eigenvalue weighted by Gasteiger charge is -2.25. The molecule has 0 spiro atoms. The standard InChI is InChI=1S/C14H17FN2O/c1-4-14(5-2,9-16)17-13(18)12-8-11(15)7-6-10(12)3/h6-8H,4-5H2,1-3H3,(H,17,18). The monoisotopic (exact) mass is 248 g/mol. The second kappa shape index (κ2) is 5.63. The zero-order valence-electron chi connectivity index (χ0n) is 10.9. The lowest BCUT2D eigenvalue weighted by atomic mass is 9.94. The van der Waals surface area contributed by atoms with Crippen molar-refractivity contribution >= 4 is 5.91 Å². The van der Waals surface area contributed by atoms with Crippen LogP contribution in [0.2, 0.25) is 0 Å². The van der Waals surface area contributed by atoms with Crippen molar-refractivity contribution in [1.29, 1.82) is 5.26 Å². The number of benzene rings is 1. The zero-order chi connectivity index (χ0) is 13.8. The van der Waals surface area contributed by atoms with Crippen LogP contribution in [0.5, 0.6) is 0 Å². The summed E-state index contributed by atoms with van der Waals surface area (Å²) in [7, 11) is 0. The van der Waals surface area contributed by atoms with Crippen LogP contribution < -0.4 is 5.32 Å². The molecule has 0 atom stereocenters. The Hall–Kier alpha value is -1.89. The Kier molecular flexibility index (Phi) is 4.43. The van der Waals surface area contributed by atoms with Crippen molar-refractivity contribution < 1.29 is 9.18 Å². The fourth-order valence-electron chi connectivity index (χ4n) is 1.74. The number of carbonyl (C=O) groups excluding carboxylic acids is 1. The number of hydrogen-bond donors (Lipinski definition) is 1. The summed E-state index contributed by atoms with van der Waals surface area (Å²) in [5, 5.41) is 11.9. The van der Waals surface area contributed by atoms with E-state index in [0.29, 0.717) is 18.4 Å². The minimum Gasteiger partial charge on any atom is -0.334 e. The lowest BCUT2D eigenvalue weighted by Crippen LogP contribution is -2.46. The molecule has 0 unspecified atom stereocenters. The molecule has 1 N–H and O–H groups in total. The highest BCUT2D eigenvalue weighted by Crippen LogP contribution is 2.17. The molecular formula is C14H17FN2O. The van der Waals surface area contributed by atoms with Gasteiger partial charge in [0.05, 0.1) is 6.07 Å². The fourth-order valence-corrected chi connectivity index (χ4v) is 1.74. The average Bonchev–Trinajstić information content (AvgIpc) is 2.38. The first-order valence-electron chi connectivity index (χ1n) is 5.98. The molecule has 0 fully saturated rings. The molecule has 4 heteroatoms. The molecule has 1 aromatic carbocycles. The van der Waals surface area contributed by atoms with Gasteiger partial charge in [0.1, 0.15) is 11.4 Å². The van der Waals surface area contributed by atoms with Gasteiger partial charge < -0.3 is 5.32 Å². The van der Waals surface area contributed by atoms with Gasteiger partial charge in [-0.1, -0.05) is 19.9 Å². The van der Waals surface area contributed by atoms with Crippen molar-refractivity contribution in [1.82, 2.24) is 5.32 Å². The van der Waals surface area contributed by atoms with Gasteiger partial charge >= 0.3 is 0 Å². The van der Waals surface area contributed by atoms with Gasteiger partial charge in [0.2, 0.25) is 0 Å². The maximum atomic E-state index is 13.1. The summed E-state index contributed by atoms with van der Waals surface area (Å²) in [5.74, 6) is -0.862. The number of nitrogens with zero attached hydrogens (tertiary/aromatic N) is 1. The summed E-state index contributed by atoms with van der Waals surface area (Å²) < 4.78 is 13.1. The molecule has 96 valence electrons. The fraction of sp³-hybridized carbons (Fsp3) is 0.429. The quantitative estimate of drug-likeness (QED) is 0.890. The largest absolute Gasteiger partial charge is 0.334 e. The number of nitrogens with one attached hydrogen (secondary N) is 1. The third kappa shape index (κ3) is 2.86. The van der Waals surface area contributed by atoms with Crippen LogP contribution in [0.15, 0.2) is 18.2 Å². The van der Waals surface area contributed by atoms with Crippen molar-refractivity contribution in [2.45, 2.75) is 39.2 Å². The first-order chi connectivity index (χ1) is 8.48. The molecule has 3 nitrogen and oxygen atoms in total. The molecule has 0 saturated carbocycles. The van der Waals surface area contributed by atoms with Gasteiger partial charge in [0.25, 0.3) is 5.91 Å². The van der Waals surface area contributed by atoms with E-state index in [4.69, 9.17) is 5.26 Å². The van der Waals surface area contributed by atoms with Crippen molar-refractivity contribution in [3.05, 3.63) is 35.1 Å². The second-order valence-corrected chi connectivity index (χ2v) is 4.31. The van der Waals surface area contributed by atoms with Gasteiger partial charge in [-0.05, 0) is 37.5 Å². The highest BCUT2D eigenvalue weighted by atomic mass is 19.1. The van der Waals surface area contributed by atoms with E-state index in [2.05, 4.69) is 11.4 Å². The average molecular weight is 248 g/mol. The summed E-state index contributed by atoms with van der Waals surface area (Å²) in [4.78, 5) is 12.1. The van der Waals surface area contributed by atoms with E-state index >= 15 is 0 Å². The topological polar surface area (TPSA) is 52.9 Å². The number of carbonyl (C=O) groups is 1. The minimum absolute atomic E-state index is 0.275. The Morgan fingerprint density at radius 1 is 1.44 bits per heavy atom. The number of aryl methyl sites for hydroxylation is 1. The van der Waals surface area contributed by atoms with E-state index in [1.165, 1.54) is 12.1 Å².